The van der Waals surface area contributed by atoms with Crippen LogP contribution in [-0.4, -0.2) is 35.2 Å². The van der Waals surface area contributed by atoms with Gasteiger partial charge in [0.2, 0.25) is 0 Å². The predicted octanol–water partition coefficient (Wildman–Crippen LogP) is 5.33. The van der Waals surface area contributed by atoms with Gasteiger partial charge in [-0.25, -0.2) is 4.39 Å². The highest BCUT2D eigenvalue weighted by molar-refractivity contribution is 6.30. The molecule has 0 heterocycles. The van der Waals surface area contributed by atoms with Crippen molar-refractivity contribution in [1.29, 1.82) is 0 Å². The van der Waals surface area contributed by atoms with Gasteiger partial charge in [-0.1, -0.05) is 49.6 Å². The minimum Gasteiger partial charge on any atom is -0.491 e. The number of rotatable bonds is 11. The summed E-state index contributed by atoms with van der Waals surface area (Å²) in [6.07, 6.45) is 7.40. The van der Waals surface area contributed by atoms with E-state index in [1.807, 2.05) is 0 Å². The molecule has 1 aliphatic rings. The Kier molecular flexibility index (Phi) is 9.60. The zero-order valence-corrected chi connectivity index (χ0v) is 16.8. The lowest BCUT2D eigenvalue weighted by Gasteiger charge is -2.23. The second-order valence-corrected chi connectivity index (χ2v) is 7.93. The van der Waals surface area contributed by atoms with E-state index in [4.69, 9.17) is 16.3 Å². The molecule has 0 aliphatic heterocycles. The molecule has 0 unspecified atom stereocenters. The summed E-state index contributed by atoms with van der Waals surface area (Å²) in [7, 11) is 0. The number of aliphatic hydroxyl groups excluding tert-OH is 2. The summed E-state index contributed by atoms with van der Waals surface area (Å²) in [6.45, 7) is 2.12. The van der Waals surface area contributed by atoms with Crippen molar-refractivity contribution < 1.29 is 19.3 Å². The van der Waals surface area contributed by atoms with Crippen LogP contribution in [0.15, 0.2) is 36.4 Å². The molecule has 3 nitrogen and oxygen atoms in total. The normalized spacial score (nSPS) is 26.6. The number of hydrogen-bond acceptors (Lipinski definition) is 3. The first-order valence-corrected chi connectivity index (χ1v) is 10.4. The molecule has 0 radical (unpaired) electrons. The third kappa shape index (κ3) is 7.44. The second kappa shape index (κ2) is 11.7. The van der Waals surface area contributed by atoms with E-state index < -0.39 is 18.4 Å². The fourth-order valence-corrected chi connectivity index (χ4v) is 3.98. The number of ether oxygens (including phenoxy) is 1. The standard InChI is InChI=1S/C22H32ClFO3/c1-2-3-4-5-6-10-19-20(22(26)14-21(19)25)12-11-17(24)15-27-18-9-7-8-16(23)13-18/h5-9,13,17,19-22,25-26H,2-4,10-12,14-15H2,1H3/b6-5-/t17-,19-,20-,21+,22-/m1/s1. The van der Waals surface area contributed by atoms with Crippen molar-refractivity contribution in [2.45, 2.75) is 70.2 Å². The minimum atomic E-state index is -1.12. The maximum atomic E-state index is 14.3. The Bertz CT molecular complexity index is 580. The number of allylic oxidation sites excluding steroid dienone is 2. The number of unbranched alkanes of at least 4 members (excludes halogenated alkanes) is 2. The number of aliphatic hydroxyl groups is 2. The number of hydrogen-bond donors (Lipinski definition) is 2. The SMILES string of the molecule is CCCC/C=C\C[C@@H]1[C@@H](CC[C@@H](F)COc2cccc(Cl)c2)[C@H](O)C[C@@H]1O. The molecule has 2 rings (SSSR count). The van der Waals surface area contributed by atoms with Gasteiger partial charge in [-0.3, -0.25) is 0 Å². The van der Waals surface area contributed by atoms with Crippen LogP contribution in [0.2, 0.25) is 5.02 Å². The van der Waals surface area contributed by atoms with E-state index in [0.29, 0.717) is 30.0 Å². The van der Waals surface area contributed by atoms with Crippen molar-refractivity contribution >= 4 is 11.6 Å². The molecule has 1 aromatic carbocycles. The van der Waals surface area contributed by atoms with E-state index in [1.165, 1.54) is 0 Å². The van der Waals surface area contributed by atoms with E-state index in [-0.39, 0.29) is 18.4 Å². The van der Waals surface area contributed by atoms with Crippen LogP contribution in [0.4, 0.5) is 4.39 Å². The van der Waals surface area contributed by atoms with E-state index in [2.05, 4.69) is 19.1 Å². The largest absolute Gasteiger partial charge is 0.491 e. The van der Waals surface area contributed by atoms with Gasteiger partial charge in [-0.05, 0) is 62.1 Å². The van der Waals surface area contributed by atoms with E-state index in [1.54, 1.807) is 24.3 Å². The lowest BCUT2D eigenvalue weighted by Crippen LogP contribution is -2.24. The molecule has 5 heteroatoms. The van der Waals surface area contributed by atoms with Crippen molar-refractivity contribution in [3.63, 3.8) is 0 Å². The first-order valence-electron chi connectivity index (χ1n) is 10.0. The third-order valence-electron chi connectivity index (χ3n) is 5.36. The van der Waals surface area contributed by atoms with Gasteiger partial charge in [0.25, 0.3) is 0 Å². The van der Waals surface area contributed by atoms with E-state index in [9.17, 15) is 14.6 Å². The molecule has 1 fully saturated rings. The first kappa shape index (κ1) is 22.2. The Hall–Kier alpha value is -1.10. The lowest BCUT2D eigenvalue weighted by molar-refractivity contribution is 0.0955. The second-order valence-electron chi connectivity index (χ2n) is 7.49. The van der Waals surface area contributed by atoms with Crippen LogP contribution in [0.1, 0.15) is 51.9 Å². The van der Waals surface area contributed by atoms with Crippen molar-refractivity contribution in [1.82, 2.24) is 0 Å². The molecule has 1 aromatic rings. The molecular formula is C22H32ClFO3. The highest BCUT2D eigenvalue weighted by atomic mass is 35.5. The summed E-state index contributed by atoms with van der Waals surface area (Å²) >= 11 is 5.89. The first-order chi connectivity index (χ1) is 13.0. The van der Waals surface area contributed by atoms with Gasteiger partial charge in [0.05, 0.1) is 12.2 Å². The Morgan fingerprint density at radius 2 is 2.04 bits per heavy atom. The Labute approximate surface area is 167 Å². The summed E-state index contributed by atoms with van der Waals surface area (Å²) < 4.78 is 19.7. The van der Waals surface area contributed by atoms with Crippen molar-refractivity contribution in [3.8, 4) is 5.75 Å². The molecule has 5 atom stereocenters. The van der Waals surface area contributed by atoms with Crippen molar-refractivity contribution in [3.05, 3.63) is 41.4 Å². The average molecular weight is 399 g/mol. The van der Waals surface area contributed by atoms with E-state index >= 15 is 0 Å². The summed E-state index contributed by atoms with van der Waals surface area (Å²) in [4.78, 5) is 0. The van der Waals surface area contributed by atoms with Gasteiger partial charge in [0, 0.05) is 5.02 Å². The van der Waals surface area contributed by atoms with Crippen LogP contribution in [0.5, 0.6) is 5.75 Å². The maximum Gasteiger partial charge on any atom is 0.134 e. The van der Waals surface area contributed by atoms with Crippen LogP contribution in [0, 0.1) is 11.8 Å². The summed E-state index contributed by atoms with van der Waals surface area (Å²) in [5.74, 6) is 0.482. The summed E-state index contributed by atoms with van der Waals surface area (Å²) in [5.41, 5.74) is 0. The highest BCUT2D eigenvalue weighted by Gasteiger charge is 2.40. The Morgan fingerprint density at radius 3 is 2.78 bits per heavy atom. The minimum absolute atomic E-state index is 0.000996. The third-order valence-corrected chi connectivity index (χ3v) is 5.60. The van der Waals surface area contributed by atoms with Gasteiger partial charge in [0.15, 0.2) is 0 Å². The molecular weight excluding hydrogens is 367 g/mol. The number of benzene rings is 1. The number of alkyl halides is 1. The predicted molar refractivity (Wildman–Crippen MR) is 108 cm³/mol. The molecule has 1 saturated carbocycles. The molecule has 0 aromatic heterocycles. The van der Waals surface area contributed by atoms with Crippen LogP contribution in [0.25, 0.3) is 0 Å². The zero-order chi connectivity index (χ0) is 19.6. The zero-order valence-electron chi connectivity index (χ0n) is 16.1. The van der Waals surface area contributed by atoms with Crippen molar-refractivity contribution in [2.75, 3.05) is 6.61 Å². The summed E-state index contributed by atoms with van der Waals surface area (Å²) in [5, 5.41) is 21.1. The Morgan fingerprint density at radius 1 is 1.26 bits per heavy atom. The monoisotopic (exact) mass is 398 g/mol. The molecule has 0 spiro atoms. The lowest BCUT2D eigenvalue weighted by atomic mass is 9.86. The smallest absolute Gasteiger partial charge is 0.134 e. The number of halogens is 2. The molecule has 0 saturated heterocycles. The summed E-state index contributed by atoms with van der Waals surface area (Å²) in [6, 6.07) is 6.91. The molecule has 2 N–H and O–H groups in total. The van der Waals surface area contributed by atoms with Gasteiger partial charge in [-0.2, -0.15) is 0 Å². The topological polar surface area (TPSA) is 49.7 Å². The van der Waals surface area contributed by atoms with Gasteiger partial charge in [-0.15, -0.1) is 0 Å². The van der Waals surface area contributed by atoms with Crippen LogP contribution in [0.3, 0.4) is 0 Å². The molecule has 0 amide bonds. The van der Waals surface area contributed by atoms with Gasteiger partial charge >= 0.3 is 0 Å². The van der Waals surface area contributed by atoms with E-state index in [0.717, 1.165) is 25.7 Å². The molecule has 27 heavy (non-hydrogen) atoms. The Balaban J connectivity index is 1.77. The van der Waals surface area contributed by atoms with Gasteiger partial charge < -0.3 is 14.9 Å². The highest BCUT2D eigenvalue weighted by Crippen LogP contribution is 2.38. The fourth-order valence-electron chi connectivity index (χ4n) is 3.80. The molecule has 152 valence electrons. The fraction of sp³-hybridized carbons (Fsp3) is 0.636. The van der Waals surface area contributed by atoms with Crippen LogP contribution < -0.4 is 4.74 Å². The molecule has 0 bridgehead atoms. The van der Waals surface area contributed by atoms with Crippen LogP contribution in [-0.2, 0) is 0 Å². The van der Waals surface area contributed by atoms with Crippen molar-refractivity contribution in [2.24, 2.45) is 11.8 Å². The molecule has 1 aliphatic carbocycles. The van der Waals surface area contributed by atoms with Gasteiger partial charge in [0.1, 0.15) is 18.5 Å². The van der Waals surface area contributed by atoms with Crippen LogP contribution >= 0.6 is 11.6 Å². The average Bonchev–Trinajstić information content (AvgIpc) is 2.91. The quantitative estimate of drug-likeness (QED) is 0.391. The maximum absolute atomic E-state index is 14.3.